The fourth-order valence-corrected chi connectivity index (χ4v) is 2.74. The number of amides is 1. The molecular formula is C15H19BrN2O. The summed E-state index contributed by atoms with van der Waals surface area (Å²) in [7, 11) is 0. The second kappa shape index (κ2) is 6.87. The number of carbonyl (C=O) groups excluding carboxylic acids is 1. The molecule has 1 aromatic carbocycles. The van der Waals surface area contributed by atoms with Crippen molar-refractivity contribution in [2.45, 2.75) is 18.9 Å². The lowest BCUT2D eigenvalue weighted by atomic mass is 10.0. The first-order valence-electron chi connectivity index (χ1n) is 6.58. The smallest absolute Gasteiger partial charge is 0.251 e. The van der Waals surface area contributed by atoms with Crippen LogP contribution in [0.15, 0.2) is 41.4 Å². The molecule has 0 spiro atoms. The minimum Gasteiger partial charge on any atom is -0.349 e. The summed E-state index contributed by atoms with van der Waals surface area (Å²) in [5.74, 6) is 0.0171. The standard InChI is InChI=1S/C15H19BrN2O/c1-2-8-18-9-6-14(7-10-18)17-15(19)12-4-3-5-13(16)11-12/h2-5,11,14H,1,6-10H2,(H,17,19). The zero-order valence-electron chi connectivity index (χ0n) is 10.9. The van der Waals surface area contributed by atoms with E-state index in [4.69, 9.17) is 0 Å². The lowest BCUT2D eigenvalue weighted by molar-refractivity contribution is 0.0914. The van der Waals surface area contributed by atoms with Gasteiger partial charge in [0.15, 0.2) is 0 Å². The zero-order valence-corrected chi connectivity index (χ0v) is 12.5. The number of halogens is 1. The molecule has 19 heavy (non-hydrogen) atoms. The zero-order chi connectivity index (χ0) is 13.7. The third-order valence-electron chi connectivity index (χ3n) is 3.40. The third-order valence-corrected chi connectivity index (χ3v) is 3.89. The predicted molar refractivity (Wildman–Crippen MR) is 81.3 cm³/mol. The average molecular weight is 323 g/mol. The maximum absolute atomic E-state index is 12.1. The number of nitrogens with zero attached hydrogens (tertiary/aromatic N) is 1. The van der Waals surface area contributed by atoms with E-state index >= 15 is 0 Å². The summed E-state index contributed by atoms with van der Waals surface area (Å²) in [4.78, 5) is 14.5. The van der Waals surface area contributed by atoms with Crippen LogP contribution in [0.2, 0.25) is 0 Å². The Morgan fingerprint density at radius 2 is 2.21 bits per heavy atom. The van der Waals surface area contributed by atoms with Gasteiger partial charge in [0.25, 0.3) is 5.91 Å². The molecule has 2 rings (SSSR count). The van der Waals surface area contributed by atoms with Crippen molar-refractivity contribution in [1.29, 1.82) is 0 Å². The van der Waals surface area contributed by atoms with Crippen LogP contribution in [0.3, 0.4) is 0 Å². The highest BCUT2D eigenvalue weighted by molar-refractivity contribution is 9.10. The molecule has 0 unspecified atom stereocenters. The minimum atomic E-state index is 0.0171. The fourth-order valence-electron chi connectivity index (χ4n) is 2.34. The largest absolute Gasteiger partial charge is 0.349 e. The molecule has 1 aliphatic heterocycles. The summed E-state index contributed by atoms with van der Waals surface area (Å²) in [6.45, 7) is 6.74. The number of piperidine rings is 1. The van der Waals surface area contributed by atoms with E-state index in [1.54, 1.807) is 0 Å². The molecule has 4 heteroatoms. The number of carbonyl (C=O) groups is 1. The van der Waals surface area contributed by atoms with Crippen LogP contribution in [0.25, 0.3) is 0 Å². The number of likely N-dealkylation sites (tertiary alicyclic amines) is 1. The monoisotopic (exact) mass is 322 g/mol. The number of hydrogen-bond acceptors (Lipinski definition) is 2. The maximum Gasteiger partial charge on any atom is 0.251 e. The summed E-state index contributed by atoms with van der Waals surface area (Å²) in [6.07, 6.45) is 3.95. The van der Waals surface area contributed by atoms with Crippen molar-refractivity contribution in [2.75, 3.05) is 19.6 Å². The molecule has 0 radical (unpaired) electrons. The maximum atomic E-state index is 12.1. The van der Waals surface area contributed by atoms with Gasteiger partial charge in [-0.15, -0.1) is 6.58 Å². The van der Waals surface area contributed by atoms with Gasteiger partial charge in [-0.05, 0) is 31.0 Å². The van der Waals surface area contributed by atoms with Crippen molar-refractivity contribution in [3.8, 4) is 0 Å². The molecule has 1 fully saturated rings. The number of rotatable bonds is 4. The highest BCUT2D eigenvalue weighted by atomic mass is 79.9. The molecule has 3 nitrogen and oxygen atoms in total. The molecule has 1 aromatic rings. The van der Waals surface area contributed by atoms with Crippen LogP contribution in [-0.2, 0) is 0 Å². The number of hydrogen-bond donors (Lipinski definition) is 1. The van der Waals surface area contributed by atoms with Gasteiger partial charge in [0.1, 0.15) is 0 Å². The molecule has 0 aromatic heterocycles. The van der Waals surface area contributed by atoms with Crippen molar-refractivity contribution in [2.24, 2.45) is 0 Å². The fraction of sp³-hybridized carbons (Fsp3) is 0.400. The van der Waals surface area contributed by atoms with E-state index in [0.717, 1.165) is 36.9 Å². The van der Waals surface area contributed by atoms with E-state index in [2.05, 4.69) is 32.7 Å². The molecule has 1 amide bonds. The third kappa shape index (κ3) is 4.18. The van der Waals surface area contributed by atoms with Gasteiger partial charge in [0, 0.05) is 35.7 Å². The molecule has 102 valence electrons. The molecule has 0 saturated carbocycles. The number of nitrogens with one attached hydrogen (secondary N) is 1. The molecule has 1 N–H and O–H groups in total. The Kier molecular flexibility index (Phi) is 5.16. The van der Waals surface area contributed by atoms with Crippen LogP contribution in [-0.4, -0.2) is 36.5 Å². The van der Waals surface area contributed by atoms with Crippen LogP contribution >= 0.6 is 15.9 Å². The van der Waals surface area contributed by atoms with Crippen LogP contribution in [0, 0.1) is 0 Å². The lowest BCUT2D eigenvalue weighted by Crippen LogP contribution is -2.44. The van der Waals surface area contributed by atoms with Crippen LogP contribution in [0.4, 0.5) is 0 Å². The van der Waals surface area contributed by atoms with E-state index in [-0.39, 0.29) is 11.9 Å². The van der Waals surface area contributed by atoms with Gasteiger partial charge in [0.2, 0.25) is 0 Å². The highest BCUT2D eigenvalue weighted by Crippen LogP contribution is 2.14. The minimum absolute atomic E-state index is 0.0171. The predicted octanol–water partition coefficient (Wildman–Crippen LogP) is 2.83. The van der Waals surface area contributed by atoms with Crippen LogP contribution < -0.4 is 5.32 Å². The first-order valence-corrected chi connectivity index (χ1v) is 7.38. The Balaban J connectivity index is 1.85. The summed E-state index contributed by atoms with van der Waals surface area (Å²) in [5.41, 5.74) is 0.711. The molecule has 1 saturated heterocycles. The Morgan fingerprint density at radius 1 is 1.47 bits per heavy atom. The van der Waals surface area contributed by atoms with Crippen molar-refractivity contribution in [1.82, 2.24) is 10.2 Å². The molecule has 1 heterocycles. The van der Waals surface area contributed by atoms with E-state index in [1.807, 2.05) is 30.3 Å². The molecule has 0 aliphatic carbocycles. The van der Waals surface area contributed by atoms with Gasteiger partial charge in [0.05, 0.1) is 0 Å². The Hall–Kier alpha value is -1.13. The summed E-state index contributed by atoms with van der Waals surface area (Å²) >= 11 is 3.38. The number of benzene rings is 1. The van der Waals surface area contributed by atoms with E-state index in [0.29, 0.717) is 5.56 Å². The lowest BCUT2D eigenvalue weighted by Gasteiger charge is -2.31. The van der Waals surface area contributed by atoms with Crippen molar-refractivity contribution < 1.29 is 4.79 Å². The van der Waals surface area contributed by atoms with E-state index in [1.165, 1.54) is 0 Å². The topological polar surface area (TPSA) is 32.3 Å². The van der Waals surface area contributed by atoms with Crippen LogP contribution in [0.1, 0.15) is 23.2 Å². The van der Waals surface area contributed by atoms with Crippen molar-refractivity contribution >= 4 is 21.8 Å². The van der Waals surface area contributed by atoms with Gasteiger partial charge >= 0.3 is 0 Å². The summed E-state index contributed by atoms with van der Waals surface area (Å²) in [6, 6.07) is 7.78. The summed E-state index contributed by atoms with van der Waals surface area (Å²) in [5, 5.41) is 3.11. The van der Waals surface area contributed by atoms with Gasteiger partial charge in [-0.2, -0.15) is 0 Å². The van der Waals surface area contributed by atoms with Gasteiger partial charge in [-0.25, -0.2) is 0 Å². The second-order valence-corrected chi connectivity index (χ2v) is 5.76. The molecule has 0 bridgehead atoms. The van der Waals surface area contributed by atoms with Gasteiger partial charge in [-0.3, -0.25) is 9.69 Å². The van der Waals surface area contributed by atoms with Crippen molar-refractivity contribution in [3.63, 3.8) is 0 Å². The van der Waals surface area contributed by atoms with E-state index in [9.17, 15) is 4.79 Å². The van der Waals surface area contributed by atoms with Gasteiger partial charge < -0.3 is 5.32 Å². The molecule has 1 aliphatic rings. The first-order chi connectivity index (χ1) is 9.19. The SMILES string of the molecule is C=CCN1CCC(NC(=O)c2cccc(Br)c2)CC1. The quantitative estimate of drug-likeness (QED) is 0.864. The molecule has 0 atom stereocenters. The van der Waals surface area contributed by atoms with Crippen LogP contribution in [0.5, 0.6) is 0 Å². The average Bonchev–Trinajstić information content (AvgIpc) is 2.41. The molecular weight excluding hydrogens is 304 g/mol. The second-order valence-electron chi connectivity index (χ2n) is 4.85. The Bertz CT molecular complexity index is 453. The summed E-state index contributed by atoms with van der Waals surface area (Å²) < 4.78 is 0.931. The Morgan fingerprint density at radius 3 is 2.84 bits per heavy atom. The van der Waals surface area contributed by atoms with Gasteiger partial charge in [-0.1, -0.05) is 28.1 Å². The normalized spacial score (nSPS) is 17.1. The van der Waals surface area contributed by atoms with E-state index < -0.39 is 0 Å². The van der Waals surface area contributed by atoms with Crippen molar-refractivity contribution in [3.05, 3.63) is 47.0 Å². The Labute approximate surface area is 122 Å². The highest BCUT2D eigenvalue weighted by Gasteiger charge is 2.20. The first kappa shape index (κ1) is 14.3.